The Morgan fingerprint density at radius 1 is 0.750 bits per heavy atom. The number of hydrogen-bond acceptors (Lipinski definition) is 9. The highest BCUT2D eigenvalue weighted by Crippen LogP contribution is 2.19. The number of rotatable bonds is 4. The molecule has 0 saturated heterocycles. The quantitative estimate of drug-likeness (QED) is 0.438. The van der Waals surface area contributed by atoms with Gasteiger partial charge in [-0.2, -0.15) is 24.5 Å². The van der Waals surface area contributed by atoms with Gasteiger partial charge >= 0.3 is 6.16 Å². The maximum absolute atomic E-state index is 11.0. The van der Waals surface area contributed by atoms with E-state index in [0.717, 1.165) is 24.3 Å². The van der Waals surface area contributed by atoms with Gasteiger partial charge < -0.3 is 20.4 Å². The van der Waals surface area contributed by atoms with Gasteiger partial charge in [-0.25, -0.2) is 0 Å². The van der Waals surface area contributed by atoms with Crippen LogP contribution in [-0.2, 0) is 9.78 Å². The summed E-state index contributed by atoms with van der Waals surface area (Å²) in [5.74, 6) is -2.18. The minimum atomic E-state index is -1.55. The van der Waals surface area contributed by atoms with Crippen LogP contribution in [0.15, 0.2) is 24.3 Å². The fourth-order valence-electron chi connectivity index (χ4n) is 1.11. The molecule has 0 atom stereocenters. The molecular formula is C9H8N2O9. The molecule has 2 heterocycles. The van der Waals surface area contributed by atoms with E-state index in [9.17, 15) is 4.79 Å². The van der Waals surface area contributed by atoms with Gasteiger partial charge in [0.2, 0.25) is 23.5 Å². The van der Waals surface area contributed by atoms with Crippen LogP contribution in [0.3, 0.4) is 0 Å². The van der Waals surface area contributed by atoms with E-state index in [2.05, 4.69) is 19.8 Å². The maximum atomic E-state index is 11.0. The zero-order valence-corrected chi connectivity index (χ0v) is 9.53. The van der Waals surface area contributed by atoms with Crippen molar-refractivity contribution in [3.05, 3.63) is 24.3 Å². The lowest BCUT2D eigenvalue weighted by atomic mass is 10.6. The summed E-state index contributed by atoms with van der Waals surface area (Å²) in [7, 11) is 0. The lowest BCUT2D eigenvalue weighted by Crippen LogP contribution is -2.22. The Labute approximate surface area is 109 Å². The highest BCUT2D eigenvalue weighted by atomic mass is 17.4. The van der Waals surface area contributed by atoms with Crippen LogP contribution in [-0.4, -0.2) is 36.0 Å². The molecule has 2 rings (SSSR count). The van der Waals surface area contributed by atoms with Crippen LogP contribution in [0.1, 0.15) is 0 Å². The van der Waals surface area contributed by atoms with Crippen LogP contribution in [0.25, 0.3) is 0 Å². The van der Waals surface area contributed by atoms with E-state index in [1.165, 1.54) is 0 Å². The van der Waals surface area contributed by atoms with Crippen LogP contribution in [0.2, 0.25) is 0 Å². The minimum Gasteiger partial charge on any atom is -0.492 e. The molecule has 0 aliphatic rings. The Kier molecular flexibility index (Phi) is 3.33. The van der Waals surface area contributed by atoms with Crippen molar-refractivity contribution < 1.29 is 45.0 Å². The Morgan fingerprint density at radius 3 is 1.35 bits per heavy atom. The number of hydrogen-bond donors (Lipinski definition) is 4. The third-order valence-corrected chi connectivity index (χ3v) is 1.95. The summed E-state index contributed by atoms with van der Waals surface area (Å²) in [6.45, 7) is 0. The van der Waals surface area contributed by atoms with E-state index < -0.39 is 29.7 Å². The molecular weight excluding hydrogens is 280 g/mol. The molecule has 0 radical (unpaired) electrons. The zero-order valence-electron chi connectivity index (χ0n) is 9.53. The van der Waals surface area contributed by atoms with E-state index in [0.29, 0.717) is 9.46 Å². The highest BCUT2D eigenvalue weighted by molar-refractivity contribution is 5.58. The van der Waals surface area contributed by atoms with Crippen LogP contribution in [0.5, 0.6) is 23.5 Å². The molecule has 0 aromatic carbocycles. The van der Waals surface area contributed by atoms with Gasteiger partial charge in [-0.3, -0.25) is 0 Å². The van der Waals surface area contributed by atoms with Crippen LogP contribution < -0.4 is 9.98 Å². The summed E-state index contributed by atoms with van der Waals surface area (Å²) in [4.78, 5) is 27.5. The molecule has 2 aromatic rings. The Morgan fingerprint density at radius 2 is 1.05 bits per heavy atom. The minimum absolute atomic E-state index is 0.367. The van der Waals surface area contributed by atoms with Crippen molar-refractivity contribution in [1.82, 2.24) is 9.46 Å². The monoisotopic (exact) mass is 288 g/mol. The molecule has 0 unspecified atom stereocenters. The molecule has 20 heavy (non-hydrogen) atoms. The second-order valence-corrected chi connectivity index (χ2v) is 3.25. The van der Waals surface area contributed by atoms with Crippen LogP contribution in [0.4, 0.5) is 4.79 Å². The average molecular weight is 288 g/mol. The van der Waals surface area contributed by atoms with Gasteiger partial charge in [0.15, 0.2) is 0 Å². The van der Waals surface area contributed by atoms with Gasteiger partial charge in [-0.15, -0.1) is 0 Å². The lowest BCUT2D eigenvalue weighted by molar-refractivity contribution is -0.320. The molecule has 0 fully saturated rings. The van der Waals surface area contributed by atoms with Crippen LogP contribution >= 0.6 is 0 Å². The number of carbonyl (C=O) groups is 1. The molecule has 11 heteroatoms. The first kappa shape index (κ1) is 13.1. The van der Waals surface area contributed by atoms with Gasteiger partial charge in [-0.1, -0.05) is 9.46 Å². The summed E-state index contributed by atoms with van der Waals surface area (Å²) in [5, 5.41) is 36.6. The summed E-state index contributed by atoms with van der Waals surface area (Å²) < 4.78 is 0.734. The van der Waals surface area contributed by atoms with Crippen molar-refractivity contribution in [3.63, 3.8) is 0 Å². The highest BCUT2D eigenvalue weighted by Gasteiger charge is 2.16. The fourth-order valence-corrected chi connectivity index (χ4v) is 1.11. The molecule has 108 valence electrons. The largest absolute Gasteiger partial charge is 0.595 e. The summed E-state index contributed by atoms with van der Waals surface area (Å²) >= 11 is 0. The van der Waals surface area contributed by atoms with E-state index in [1.54, 1.807) is 0 Å². The molecule has 0 aliphatic heterocycles. The van der Waals surface area contributed by atoms with Gasteiger partial charge in [0, 0.05) is 24.3 Å². The normalized spacial score (nSPS) is 10.0. The molecule has 2 aromatic heterocycles. The third-order valence-electron chi connectivity index (χ3n) is 1.95. The third kappa shape index (κ3) is 2.55. The zero-order chi connectivity index (χ0) is 14.7. The molecule has 4 N–H and O–H groups in total. The predicted molar refractivity (Wildman–Crippen MR) is 56.2 cm³/mol. The number of nitrogens with zero attached hydrogens (tertiary/aromatic N) is 2. The van der Waals surface area contributed by atoms with Crippen LogP contribution in [0, 0.1) is 0 Å². The Hall–Kier alpha value is -3.37. The van der Waals surface area contributed by atoms with Crippen molar-refractivity contribution in [1.29, 1.82) is 0 Å². The summed E-state index contributed by atoms with van der Waals surface area (Å²) in [6, 6.07) is 4.26. The molecule has 0 aliphatic carbocycles. The van der Waals surface area contributed by atoms with Gasteiger partial charge in [-0.05, 0) is 0 Å². The van der Waals surface area contributed by atoms with E-state index in [4.69, 9.17) is 20.4 Å². The maximum Gasteiger partial charge on any atom is 0.595 e. The second kappa shape index (κ2) is 5.09. The van der Waals surface area contributed by atoms with E-state index >= 15 is 0 Å². The number of carbonyl (C=O) groups excluding carboxylic acids is 1. The summed E-state index contributed by atoms with van der Waals surface area (Å²) in [6.07, 6.45) is -1.55. The van der Waals surface area contributed by atoms with E-state index in [-0.39, 0.29) is 0 Å². The number of aromatic hydroxyl groups is 4. The average Bonchev–Trinajstić information content (AvgIpc) is 2.89. The van der Waals surface area contributed by atoms with Crippen molar-refractivity contribution in [3.8, 4) is 23.5 Å². The van der Waals surface area contributed by atoms with Crippen molar-refractivity contribution >= 4 is 6.16 Å². The smallest absolute Gasteiger partial charge is 0.492 e. The van der Waals surface area contributed by atoms with Gasteiger partial charge in [0.1, 0.15) is 0 Å². The number of aromatic nitrogens is 2. The van der Waals surface area contributed by atoms with Gasteiger partial charge in [0.05, 0.1) is 0 Å². The standard InChI is InChI=1S/C9H8N2O9/c12-5-1-2-6(13)10(5)19-17-9(16)18-20-11-7(14)3-4-8(11)15/h1-4,12-15H. The Balaban J connectivity index is 1.85. The first-order valence-corrected chi connectivity index (χ1v) is 4.92. The molecule has 11 nitrogen and oxygen atoms in total. The molecule has 0 spiro atoms. The lowest BCUT2D eigenvalue weighted by Gasteiger charge is -2.06. The van der Waals surface area contributed by atoms with E-state index in [1.807, 2.05) is 0 Å². The molecule has 0 saturated carbocycles. The fraction of sp³-hybridized carbons (Fsp3) is 0. The van der Waals surface area contributed by atoms with Crippen molar-refractivity contribution in [2.45, 2.75) is 0 Å². The summed E-state index contributed by atoms with van der Waals surface area (Å²) in [5.41, 5.74) is 0. The molecule has 0 amide bonds. The SMILES string of the molecule is O=C(OOn1c(O)ccc1O)OOn1c(O)ccc1O. The topological polar surface area (TPSA) is 145 Å². The molecule has 0 bridgehead atoms. The van der Waals surface area contributed by atoms with Crippen molar-refractivity contribution in [2.75, 3.05) is 0 Å². The first-order valence-electron chi connectivity index (χ1n) is 4.92. The first-order chi connectivity index (χ1) is 9.49. The van der Waals surface area contributed by atoms with Gasteiger partial charge in [0.25, 0.3) is 0 Å². The predicted octanol–water partition coefficient (Wildman–Crippen LogP) is -0.347. The second-order valence-electron chi connectivity index (χ2n) is 3.25. The van der Waals surface area contributed by atoms with Crippen molar-refractivity contribution in [2.24, 2.45) is 0 Å². The Bertz CT molecular complexity index is 526.